The molecule has 2 aromatic rings. The van der Waals surface area contributed by atoms with Crippen LogP contribution in [0.1, 0.15) is 5.56 Å². The summed E-state index contributed by atoms with van der Waals surface area (Å²) in [6, 6.07) is 7.62. The maximum atomic E-state index is 5.97. The summed E-state index contributed by atoms with van der Waals surface area (Å²) in [6.45, 7) is 4.43. The van der Waals surface area contributed by atoms with Crippen LogP contribution in [-0.4, -0.2) is 48.1 Å². The molecule has 1 aromatic carbocycles. The van der Waals surface area contributed by atoms with Crippen molar-refractivity contribution in [2.24, 2.45) is 0 Å². The fraction of sp³-hybridized carbons (Fsp3) is 0.375. The number of hydrogen-bond donors (Lipinski definition) is 0. The molecule has 0 N–H and O–H groups in total. The average Bonchev–Trinajstić information content (AvgIpc) is 2.54. The Bertz CT molecular complexity index is 629. The molecule has 0 spiro atoms. The van der Waals surface area contributed by atoms with Gasteiger partial charge in [-0.3, -0.25) is 4.98 Å². The van der Waals surface area contributed by atoms with E-state index in [4.69, 9.17) is 16.3 Å². The Balaban J connectivity index is 1.64. The van der Waals surface area contributed by atoms with E-state index in [1.54, 1.807) is 12.4 Å². The van der Waals surface area contributed by atoms with Gasteiger partial charge >= 0.3 is 0 Å². The van der Waals surface area contributed by atoms with E-state index in [1.165, 1.54) is 0 Å². The van der Waals surface area contributed by atoms with Gasteiger partial charge in [0.25, 0.3) is 0 Å². The molecule has 0 saturated carbocycles. The Morgan fingerprint density at radius 1 is 1.18 bits per heavy atom. The van der Waals surface area contributed by atoms with Crippen LogP contribution < -0.4 is 9.64 Å². The summed E-state index contributed by atoms with van der Waals surface area (Å²) in [6.07, 6.45) is 3.43. The summed E-state index contributed by atoms with van der Waals surface area (Å²) >= 11 is 5.97. The summed E-state index contributed by atoms with van der Waals surface area (Å²) in [5.41, 5.74) is 1.01. The highest BCUT2D eigenvalue weighted by Gasteiger charge is 2.16. The van der Waals surface area contributed by atoms with E-state index >= 15 is 0 Å². The van der Waals surface area contributed by atoms with Gasteiger partial charge in [-0.05, 0) is 24.7 Å². The van der Waals surface area contributed by atoms with Crippen molar-refractivity contribution in [3.05, 3.63) is 47.2 Å². The maximum absolute atomic E-state index is 5.97. The normalized spacial score (nSPS) is 15.8. The molecule has 0 radical (unpaired) electrons. The van der Waals surface area contributed by atoms with Gasteiger partial charge in [-0.15, -0.1) is 0 Å². The fourth-order valence-electron chi connectivity index (χ4n) is 2.38. The number of benzene rings is 1. The number of aromatic nitrogens is 2. The third kappa shape index (κ3) is 3.87. The minimum Gasteiger partial charge on any atom is -0.472 e. The molecule has 1 aromatic heterocycles. The first-order valence-electron chi connectivity index (χ1n) is 7.33. The van der Waals surface area contributed by atoms with E-state index < -0.39 is 0 Å². The minimum atomic E-state index is 0.432. The third-order valence-corrected chi connectivity index (χ3v) is 3.94. The van der Waals surface area contributed by atoms with Crippen LogP contribution in [0.25, 0.3) is 0 Å². The van der Waals surface area contributed by atoms with Crippen molar-refractivity contribution in [1.29, 1.82) is 0 Å². The first-order chi connectivity index (χ1) is 10.7. The molecule has 0 unspecified atom stereocenters. The first kappa shape index (κ1) is 15.1. The van der Waals surface area contributed by atoms with Gasteiger partial charge in [0.1, 0.15) is 6.61 Å². The molecule has 3 rings (SSSR count). The second kappa shape index (κ2) is 6.94. The molecule has 116 valence electrons. The quantitative estimate of drug-likeness (QED) is 0.866. The number of anilines is 1. The molecular formula is C16H19ClN4O. The Morgan fingerprint density at radius 3 is 2.77 bits per heavy atom. The number of rotatable bonds is 4. The molecule has 5 nitrogen and oxygen atoms in total. The van der Waals surface area contributed by atoms with E-state index in [2.05, 4.69) is 26.8 Å². The highest BCUT2D eigenvalue weighted by Crippen LogP contribution is 2.17. The number of ether oxygens (including phenoxy) is 1. The zero-order valence-electron chi connectivity index (χ0n) is 12.6. The predicted octanol–water partition coefficient (Wildman–Crippen LogP) is 2.46. The van der Waals surface area contributed by atoms with Crippen LogP contribution in [0.15, 0.2) is 36.7 Å². The van der Waals surface area contributed by atoms with Crippen molar-refractivity contribution in [3.63, 3.8) is 0 Å². The van der Waals surface area contributed by atoms with Crippen molar-refractivity contribution in [2.45, 2.75) is 6.61 Å². The average molecular weight is 319 g/mol. The smallest absolute Gasteiger partial charge is 0.234 e. The van der Waals surface area contributed by atoms with Crippen LogP contribution in [-0.2, 0) is 6.61 Å². The van der Waals surface area contributed by atoms with Gasteiger partial charge in [0.15, 0.2) is 5.82 Å². The van der Waals surface area contributed by atoms with Crippen LogP contribution in [0.3, 0.4) is 0 Å². The monoisotopic (exact) mass is 318 g/mol. The molecule has 1 saturated heterocycles. The summed E-state index contributed by atoms with van der Waals surface area (Å²) in [4.78, 5) is 13.3. The highest BCUT2D eigenvalue weighted by molar-refractivity contribution is 6.30. The van der Waals surface area contributed by atoms with E-state index in [9.17, 15) is 0 Å². The van der Waals surface area contributed by atoms with Crippen LogP contribution >= 0.6 is 11.6 Å². The topological polar surface area (TPSA) is 41.5 Å². The second-order valence-corrected chi connectivity index (χ2v) is 5.86. The standard InChI is InChI=1S/C16H19ClN4O/c1-20-5-7-21(8-6-20)15-10-18-11-16(19-15)22-12-13-3-2-4-14(17)9-13/h2-4,9-11H,5-8,12H2,1H3. The highest BCUT2D eigenvalue weighted by atomic mass is 35.5. The third-order valence-electron chi connectivity index (χ3n) is 3.70. The lowest BCUT2D eigenvalue weighted by molar-refractivity contribution is 0.290. The molecule has 1 aliphatic heterocycles. The van der Waals surface area contributed by atoms with E-state index in [0.29, 0.717) is 17.5 Å². The Morgan fingerprint density at radius 2 is 2.00 bits per heavy atom. The predicted molar refractivity (Wildman–Crippen MR) is 87.5 cm³/mol. The van der Waals surface area contributed by atoms with Crippen molar-refractivity contribution in [3.8, 4) is 5.88 Å². The molecule has 0 aliphatic carbocycles. The number of piperazine rings is 1. The van der Waals surface area contributed by atoms with Gasteiger partial charge in [-0.1, -0.05) is 23.7 Å². The SMILES string of the molecule is CN1CCN(c2cncc(OCc3cccc(Cl)c3)n2)CC1. The zero-order valence-corrected chi connectivity index (χ0v) is 13.3. The molecule has 1 fully saturated rings. The van der Waals surface area contributed by atoms with Crippen molar-refractivity contribution in [1.82, 2.24) is 14.9 Å². The lowest BCUT2D eigenvalue weighted by atomic mass is 10.2. The maximum Gasteiger partial charge on any atom is 0.234 e. The number of halogens is 1. The molecule has 6 heteroatoms. The molecule has 1 aliphatic rings. The largest absolute Gasteiger partial charge is 0.472 e. The van der Waals surface area contributed by atoms with E-state index in [0.717, 1.165) is 37.6 Å². The van der Waals surface area contributed by atoms with Crippen LogP contribution in [0, 0.1) is 0 Å². The summed E-state index contributed by atoms with van der Waals surface area (Å²) in [7, 11) is 2.13. The van der Waals surface area contributed by atoms with E-state index in [-0.39, 0.29) is 0 Å². The van der Waals surface area contributed by atoms with Crippen LogP contribution in [0.5, 0.6) is 5.88 Å². The van der Waals surface area contributed by atoms with Crippen LogP contribution in [0.2, 0.25) is 5.02 Å². The van der Waals surface area contributed by atoms with Crippen LogP contribution in [0.4, 0.5) is 5.82 Å². The van der Waals surface area contributed by atoms with Gasteiger partial charge in [0.2, 0.25) is 5.88 Å². The number of hydrogen-bond acceptors (Lipinski definition) is 5. The van der Waals surface area contributed by atoms with Gasteiger partial charge < -0.3 is 14.5 Å². The molecule has 2 heterocycles. The number of nitrogens with zero attached hydrogens (tertiary/aromatic N) is 4. The molecule has 0 amide bonds. The lowest BCUT2D eigenvalue weighted by Gasteiger charge is -2.32. The summed E-state index contributed by atoms with van der Waals surface area (Å²) in [5, 5.41) is 0.707. The summed E-state index contributed by atoms with van der Waals surface area (Å²) in [5.74, 6) is 1.41. The van der Waals surface area contributed by atoms with Gasteiger partial charge in [0.05, 0.1) is 12.4 Å². The summed E-state index contributed by atoms with van der Waals surface area (Å²) < 4.78 is 5.73. The fourth-order valence-corrected chi connectivity index (χ4v) is 2.59. The lowest BCUT2D eigenvalue weighted by Crippen LogP contribution is -2.44. The minimum absolute atomic E-state index is 0.432. The van der Waals surface area contributed by atoms with Gasteiger partial charge in [0, 0.05) is 31.2 Å². The van der Waals surface area contributed by atoms with Crippen molar-refractivity contribution < 1.29 is 4.74 Å². The Hall–Kier alpha value is -1.85. The Labute approximate surface area is 135 Å². The Kier molecular flexibility index (Phi) is 4.75. The molecule has 0 atom stereocenters. The van der Waals surface area contributed by atoms with Gasteiger partial charge in [-0.2, -0.15) is 4.98 Å². The van der Waals surface area contributed by atoms with E-state index in [1.807, 2.05) is 24.3 Å². The number of likely N-dealkylation sites (N-methyl/N-ethyl adjacent to an activating group) is 1. The molecule has 0 bridgehead atoms. The zero-order chi connectivity index (χ0) is 15.4. The second-order valence-electron chi connectivity index (χ2n) is 5.42. The molecular weight excluding hydrogens is 300 g/mol. The molecule has 22 heavy (non-hydrogen) atoms. The van der Waals surface area contributed by atoms with Crippen molar-refractivity contribution in [2.75, 3.05) is 38.1 Å². The van der Waals surface area contributed by atoms with Crippen molar-refractivity contribution >= 4 is 17.4 Å². The van der Waals surface area contributed by atoms with Gasteiger partial charge in [-0.25, -0.2) is 0 Å². The first-order valence-corrected chi connectivity index (χ1v) is 7.71.